The maximum atomic E-state index is 12.3. The van der Waals surface area contributed by atoms with Crippen LogP contribution in [0.1, 0.15) is 25.7 Å². The van der Waals surface area contributed by atoms with E-state index < -0.39 is 0 Å². The standard InChI is InChI=1S/C17H22ClN5O3/c18-16-12(17(25)22-14-3-4-20-8-13(14)16)5-15(24)21-7-11-2-1-10(6-19)9-23(11)26/h10-11,13-14,20H,1-5,7-9H2,(H-,21,22,24,25)/p+1. The third-order valence-electron chi connectivity index (χ3n) is 5.40. The number of nitrogens with zero attached hydrogens (tertiary/aromatic N) is 2. The van der Waals surface area contributed by atoms with Gasteiger partial charge in [0.2, 0.25) is 24.4 Å². The van der Waals surface area contributed by atoms with Gasteiger partial charge in [0.15, 0.2) is 0 Å². The molecule has 0 aliphatic carbocycles. The molecule has 140 valence electrons. The summed E-state index contributed by atoms with van der Waals surface area (Å²) in [5.74, 6) is -0.852. The van der Waals surface area contributed by atoms with Crippen molar-refractivity contribution >= 4 is 23.4 Å². The van der Waals surface area contributed by atoms with Gasteiger partial charge in [-0.2, -0.15) is 5.26 Å². The summed E-state index contributed by atoms with van der Waals surface area (Å²) < 4.78 is 0.871. The van der Waals surface area contributed by atoms with Crippen molar-refractivity contribution in [3.8, 4) is 6.07 Å². The number of amides is 2. The summed E-state index contributed by atoms with van der Waals surface area (Å²) >= 11 is 6.41. The van der Waals surface area contributed by atoms with Crippen molar-refractivity contribution < 1.29 is 14.3 Å². The Hall–Kier alpha value is -1.98. The van der Waals surface area contributed by atoms with E-state index in [2.05, 4.69) is 22.0 Å². The van der Waals surface area contributed by atoms with Crippen molar-refractivity contribution in [3.05, 3.63) is 15.5 Å². The summed E-state index contributed by atoms with van der Waals surface area (Å²) in [6.07, 6.45) is 1.95. The zero-order valence-corrected chi connectivity index (χ0v) is 15.2. The number of hydrogen-bond donors (Lipinski definition) is 3. The largest absolute Gasteiger partial charge is 0.349 e. The predicted molar refractivity (Wildman–Crippen MR) is 94.0 cm³/mol. The summed E-state index contributed by atoms with van der Waals surface area (Å²) in [6, 6.07) is 1.79. The van der Waals surface area contributed by atoms with Gasteiger partial charge in [-0.05, 0) is 19.4 Å². The molecule has 3 heterocycles. The van der Waals surface area contributed by atoms with Gasteiger partial charge in [0, 0.05) is 45.2 Å². The first-order valence-electron chi connectivity index (χ1n) is 8.99. The van der Waals surface area contributed by atoms with E-state index in [1.54, 1.807) is 0 Å². The smallest absolute Gasteiger partial charge is 0.249 e. The van der Waals surface area contributed by atoms with Crippen LogP contribution in [0.3, 0.4) is 0 Å². The second kappa shape index (κ2) is 8.14. The number of carbonyl (C=O) groups excluding carboxylic acids is 2. The first kappa shape index (κ1) is 18.8. The summed E-state index contributed by atoms with van der Waals surface area (Å²) in [4.78, 5) is 36.5. The zero-order valence-electron chi connectivity index (χ0n) is 14.5. The lowest BCUT2D eigenvalue weighted by atomic mass is 9.86. The molecular weight excluding hydrogens is 358 g/mol. The number of fused-ring (bicyclic) bond motifs is 1. The summed E-state index contributed by atoms with van der Waals surface area (Å²) in [5.41, 5.74) is 0.307. The second-order valence-electron chi connectivity index (χ2n) is 7.14. The minimum atomic E-state index is -0.333. The lowest BCUT2D eigenvalue weighted by molar-refractivity contribution is -0.598. The molecule has 2 amide bonds. The van der Waals surface area contributed by atoms with Gasteiger partial charge in [-0.1, -0.05) is 11.6 Å². The number of hydrogen-bond acceptors (Lipinski definition) is 5. The van der Waals surface area contributed by atoms with Crippen LogP contribution in [0.15, 0.2) is 10.6 Å². The van der Waals surface area contributed by atoms with E-state index in [0.717, 1.165) is 17.7 Å². The average molecular weight is 381 g/mol. The highest BCUT2D eigenvalue weighted by molar-refractivity contribution is 6.33. The molecule has 3 aliphatic rings. The molecule has 2 saturated heterocycles. The van der Waals surface area contributed by atoms with E-state index in [1.807, 2.05) is 0 Å². The lowest BCUT2D eigenvalue weighted by Crippen LogP contribution is -2.53. The number of nitroso groups, excluding NO2 is 1. The van der Waals surface area contributed by atoms with Crippen LogP contribution < -0.4 is 16.0 Å². The van der Waals surface area contributed by atoms with E-state index >= 15 is 0 Å². The number of rotatable bonds is 4. The van der Waals surface area contributed by atoms with Crippen LogP contribution in [0.25, 0.3) is 0 Å². The van der Waals surface area contributed by atoms with E-state index in [0.29, 0.717) is 30.0 Å². The fourth-order valence-corrected chi connectivity index (χ4v) is 4.19. The van der Waals surface area contributed by atoms with Crippen LogP contribution in [0.2, 0.25) is 0 Å². The van der Waals surface area contributed by atoms with Gasteiger partial charge in [-0.15, -0.1) is 0 Å². The molecule has 0 aromatic heterocycles. The SMILES string of the molecule is N#CC1CCC(CNC(=O)CC2=C(Cl)C3CNCCC3NC2=O)[N+](=O)C1. The molecule has 0 saturated carbocycles. The average Bonchev–Trinajstić information content (AvgIpc) is 2.64. The predicted octanol–water partition coefficient (Wildman–Crippen LogP) is 0.175. The van der Waals surface area contributed by atoms with Crippen LogP contribution in [0.4, 0.5) is 0 Å². The summed E-state index contributed by atoms with van der Waals surface area (Å²) in [5, 5.41) is 18.3. The highest BCUT2D eigenvalue weighted by atomic mass is 35.5. The number of piperidine rings is 2. The maximum absolute atomic E-state index is 12.3. The van der Waals surface area contributed by atoms with Gasteiger partial charge in [0.25, 0.3) is 0 Å². The quantitative estimate of drug-likeness (QED) is 0.602. The molecule has 3 aliphatic heterocycles. The fourth-order valence-electron chi connectivity index (χ4n) is 3.81. The molecule has 0 bridgehead atoms. The van der Waals surface area contributed by atoms with Crippen molar-refractivity contribution in [3.63, 3.8) is 0 Å². The number of nitriles is 1. The molecule has 3 N–H and O–H groups in total. The first-order valence-corrected chi connectivity index (χ1v) is 9.37. The van der Waals surface area contributed by atoms with E-state index in [4.69, 9.17) is 16.9 Å². The van der Waals surface area contributed by atoms with Crippen LogP contribution in [0, 0.1) is 28.1 Å². The minimum Gasteiger partial charge on any atom is -0.349 e. The third-order valence-corrected chi connectivity index (χ3v) is 5.91. The Morgan fingerprint density at radius 1 is 1.38 bits per heavy atom. The Morgan fingerprint density at radius 2 is 2.19 bits per heavy atom. The molecule has 4 atom stereocenters. The summed E-state index contributed by atoms with van der Waals surface area (Å²) in [7, 11) is 0. The molecule has 3 rings (SSSR count). The van der Waals surface area contributed by atoms with Gasteiger partial charge in [0.05, 0.1) is 19.0 Å². The molecule has 4 unspecified atom stereocenters. The topological polar surface area (TPSA) is 114 Å². The van der Waals surface area contributed by atoms with Crippen LogP contribution in [-0.2, 0) is 9.59 Å². The fraction of sp³-hybridized carbons (Fsp3) is 0.706. The molecule has 0 radical (unpaired) electrons. The van der Waals surface area contributed by atoms with Gasteiger partial charge < -0.3 is 16.0 Å². The number of nitrogens with one attached hydrogen (secondary N) is 3. The lowest BCUT2D eigenvalue weighted by Gasteiger charge is -2.37. The Labute approximate surface area is 156 Å². The number of carbonyl (C=O) groups is 2. The van der Waals surface area contributed by atoms with E-state index in [-0.39, 0.29) is 55.2 Å². The molecule has 8 nitrogen and oxygen atoms in total. The molecule has 0 spiro atoms. The highest BCUT2D eigenvalue weighted by Crippen LogP contribution is 2.31. The summed E-state index contributed by atoms with van der Waals surface area (Å²) in [6.45, 7) is 1.90. The monoisotopic (exact) mass is 380 g/mol. The molecule has 26 heavy (non-hydrogen) atoms. The normalized spacial score (nSPS) is 31.7. The van der Waals surface area contributed by atoms with Crippen LogP contribution in [0.5, 0.6) is 0 Å². The zero-order chi connectivity index (χ0) is 18.7. The molecule has 0 aromatic rings. The Kier molecular flexibility index (Phi) is 5.89. The highest BCUT2D eigenvalue weighted by Gasteiger charge is 2.38. The van der Waals surface area contributed by atoms with Crippen molar-refractivity contribution in [1.29, 1.82) is 5.26 Å². The van der Waals surface area contributed by atoms with E-state index in [1.165, 1.54) is 0 Å². The van der Waals surface area contributed by atoms with Crippen molar-refractivity contribution in [2.75, 3.05) is 26.2 Å². The molecule has 9 heteroatoms. The first-order chi connectivity index (χ1) is 12.5. The van der Waals surface area contributed by atoms with Gasteiger partial charge in [0.1, 0.15) is 5.92 Å². The number of halogens is 1. The molecule has 0 aromatic carbocycles. The van der Waals surface area contributed by atoms with Crippen molar-refractivity contribution in [2.24, 2.45) is 11.8 Å². The Balaban J connectivity index is 1.55. The minimum absolute atomic E-state index is 0.00399. The van der Waals surface area contributed by atoms with Crippen LogP contribution in [-0.4, -0.2) is 54.8 Å². The Morgan fingerprint density at radius 3 is 2.92 bits per heavy atom. The van der Waals surface area contributed by atoms with Crippen molar-refractivity contribution in [2.45, 2.75) is 37.8 Å². The van der Waals surface area contributed by atoms with Crippen molar-refractivity contribution in [1.82, 2.24) is 16.0 Å². The Bertz CT molecular complexity index is 686. The molecule has 2 fully saturated rings. The molecular formula is C17H23ClN5O3+. The third kappa shape index (κ3) is 4.05. The van der Waals surface area contributed by atoms with Gasteiger partial charge in [-0.3, -0.25) is 9.59 Å². The van der Waals surface area contributed by atoms with Gasteiger partial charge >= 0.3 is 0 Å². The van der Waals surface area contributed by atoms with Crippen LogP contribution >= 0.6 is 11.6 Å². The second-order valence-corrected chi connectivity index (χ2v) is 7.55. The van der Waals surface area contributed by atoms with Gasteiger partial charge in [-0.25, -0.2) is 0 Å². The van der Waals surface area contributed by atoms with E-state index in [9.17, 15) is 14.5 Å². The maximum Gasteiger partial charge on any atom is 0.249 e.